The van der Waals surface area contributed by atoms with E-state index in [1.165, 1.54) is 5.56 Å². The van der Waals surface area contributed by atoms with Gasteiger partial charge in [0.05, 0.1) is 7.11 Å². The second-order valence-electron chi connectivity index (χ2n) is 3.52. The molecule has 2 heteroatoms. The Bertz CT molecular complexity index is 462. The summed E-state index contributed by atoms with van der Waals surface area (Å²) in [7, 11) is 1.67. The first kappa shape index (κ1) is 11.0. The van der Waals surface area contributed by atoms with Crippen molar-refractivity contribution < 1.29 is 4.74 Å². The number of ether oxygens (including phenoxy) is 1. The predicted octanol–water partition coefficient (Wildman–Crippen LogP) is 4.10. The standard InChI is InChI=1S/C14H13ClO/c1-16-13-8-6-11(7-9-13)14-5-3-2-4-12(14)10-15/h2-9H,10H2,1H3. The lowest BCUT2D eigenvalue weighted by Crippen LogP contribution is -1.86. The van der Waals surface area contributed by atoms with Crippen LogP contribution in [-0.2, 0) is 5.88 Å². The van der Waals surface area contributed by atoms with Crippen molar-refractivity contribution in [3.63, 3.8) is 0 Å². The number of methoxy groups -OCH3 is 1. The molecule has 0 radical (unpaired) electrons. The monoisotopic (exact) mass is 232 g/mol. The van der Waals surface area contributed by atoms with Crippen molar-refractivity contribution in [2.24, 2.45) is 0 Å². The summed E-state index contributed by atoms with van der Waals surface area (Å²) >= 11 is 5.92. The number of benzene rings is 2. The number of alkyl halides is 1. The van der Waals surface area contributed by atoms with Crippen LogP contribution in [0.3, 0.4) is 0 Å². The molecule has 2 aromatic carbocycles. The maximum absolute atomic E-state index is 5.92. The van der Waals surface area contributed by atoms with E-state index in [9.17, 15) is 0 Å². The summed E-state index contributed by atoms with van der Waals surface area (Å²) in [6, 6.07) is 16.2. The molecular weight excluding hydrogens is 220 g/mol. The minimum absolute atomic E-state index is 0.530. The van der Waals surface area contributed by atoms with Crippen molar-refractivity contribution in [3.8, 4) is 16.9 Å². The molecule has 0 atom stereocenters. The second kappa shape index (κ2) is 5.04. The average molecular weight is 233 g/mol. The number of rotatable bonds is 3. The van der Waals surface area contributed by atoms with Crippen LogP contribution in [0.5, 0.6) is 5.75 Å². The Balaban J connectivity index is 2.42. The van der Waals surface area contributed by atoms with E-state index in [2.05, 4.69) is 6.07 Å². The van der Waals surface area contributed by atoms with Crippen LogP contribution in [0, 0.1) is 0 Å². The zero-order valence-electron chi connectivity index (χ0n) is 9.11. The van der Waals surface area contributed by atoms with Gasteiger partial charge in [0.1, 0.15) is 5.75 Å². The third kappa shape index (κ3) is 2.20. The van der Waals surface area contributed by atoms with E-state index in [0.29, 0.717) is 5.88 Å². The van der Waals surface area contributed by atoms with E-state index in [1.54, 1.807) is 7.11 Å². The van der Waals surface area contributed by atoms with E-state index in [-0.39, 0.29) is 0 Å². The van der Waals surface area contributed by atoms with E-state index in [1.807, 2.05) is 42.5 Å². The van der Waals surface area contributed by atoms with Crippen LogP contribution in [0.4, 0.5) is 0 Å². The molecule has 1 nitrogen and oxygen atoms in total. The zero-order chi connectivity index (χ0) is 11.4. The third-order valence-corrected chi connectivity index (χ3v) is 2.85. The number of halogens is 1. The third-order valence-electron chi connectivity index (χ3n) is 2.56. The molecule has 0 amide bonds. The Kier molecular flexibility index (Phi) is 3.47. The Hall–Kier alpha value is -1.47. The van der Waals surface area contributed by atoms with Gasteiger partial charge in [-0.25, -0.2) is 0 Å². The minimum Gasteiger partial charge on any atom is -0.497 e. The van der Waals surface area contributed by atoms with Crippen LogP contribution in [0.2, 0.25) is 0 Å². The molecular formula is C14H13ClO. The van der Waals surface area contributed by atoms with Crippen LogP contribution < -0.4 is 4.74 Å². The molecule has 0 aliphatic rings. The van der Waals surface area contributed by atoms with Gasteiger partial charge in [-0.1, -0.05) is 36.4 Å². The van der Waals surface area contributed by atoms with Crippen molar-refractivity contribution in [2.45, 2.75) is 5.88 Å². The molecule has 2 aromatic rings. The molecule has 16 heavy (non-hydrogen) atoms. The van der Waals surface area contributed by atoms with Crippen LogP contribution in [0.25, 0.3) is 11.1 Å². The summed E-state index contributed by atoms with van der Waals surface area (Å²) in [5.41, 5.74) is 3.49. The van der Waals surface area contributed by atoms with Crippen molar-refractivity contribution in [1.29, 1.82) is 0 Å². The molecule has 0 bridgehead atoms. The van der Waals surface area contributed by atoms with Crippen LogP contribution in [0.1, 0.15) is 5.56 Å². The predicted molar refractivity (Wildman–Crippen MR) is 68.0 cm³/mol. The smallest absolute Gasteiger partial charge is 0.118 e. The molecule has 0 N–H and O–H groups in total. The van der Waals surface area contributed by atoms with Gasteiger partial charge in [0, 0.05) is 5.88 Å². The summed E-state index contributed by atoms with van der Waals surface area (Å²) < 4.78 is 5.14. The van der Waals surface area contributed by atoms with E-state index < -0.39 is 0 Å². The normalized spacial score (nSPS) is 10.1. The first-order chi connectivity index (χ1) is 7.85. The van der Waals surface area contributed by atoms with Crippen molar-refractivity contribution in [3.05, 3.63) is 54.1 Å². The second-order valence-corrected chi connectivity index (χ2v) is 3.79. The van der Waals surface area contributed by atoms with Gasteiger partial charge < -0.3 is 4.74 Å². The largest absolute Gasteiger partial charge is 0.497 e. The van der Waals surface area contributed by atoms with Crippen LogP contribution >= 0.6 is 11.6 Å². The fraction of sp³-hybridized carbons (Fsp3) is 0.143. The zero-order valence-corrected chi connectivity index (χ0v) is 9.87. The average Bonchev–Trinajstić information content (AvgIpc) is 2.39. The fourth-order valence-corrected chi connectivity index (χ4v) is 1.92. The molecule has 82 valence electrons. The summed E-state index contributed by atoms with van der Waals surface area (Å²) in [5.74, 6) is 1.40. The Morgan fingerprint density at radius 3 is 2.31 bits per heavy atom. The van der Waals surface area contributed by atoms with E-state index in [0.717, 1.165) is 16.9 Å². The molecule has 0 aliphatic heterocycles. The summed E-state index contributed by atoms with van der Waals surface area (Å²) in [6.45, 7) is 0. The molecule has 0 aromatic heterocycles. The quantitative estimate of drug-likeness (QED) is 0.724. The van der Waals surface area contributed by atoms with Gasteiger partial charge in [-0.2, -0.15) is 0 Å². The highest BCUT2D eigenvalue weighted by molar-refractivity contribution is 6.17. The summed E-state index contributed by atoms with van der Waals surface area (Å²) in [4.78, 5) is 0. The molecule has 0 saturated carbocycles. The minimum atomic E-state index is 0.530. The first-order valence-electron chi connectivity index (χ1n) is 5.13. The molecule has 2 rings (SSSR count). The molecule has 0 saturated heterocycles. The molecule has 0 heterocycles. The molecule has 0 spiro atoms. The maximum atomic E-state index is 5.92. The van der Waals surface area contributed by atoms with E-state index in [4.69, 9.17) is 16.3 Å². The lowest BCUT2D eigenvalue weighted by molar-refractivity contribution is 0.415. The van der Waals surface area contributed by atoms with Gasteiger partial charge in [-0.15, -0.1) is 11.6 Å². The fourth-order valence-electron chi connectivity index (χ4n) is 1.69. The molecule has 0 aliphatic carbocycles. The van der Waals surface area contributed by atoms with Gasteiger partial charge in [0.25, 0.3) is 0 Å². The summed E-state index contributed by atoms with van der Waals surface area (Å²) in [5, 5.41) is 0. The highest BCUT2D eigenvalue weighted by Gasteiger charge is 2.03. The highest BCUT2D eigenvalue weighted by Crippen LogP contribution is 2.26. The Morgan fingerprint density at radius 2 is 1.69 bits per heavy atom. The number of hydrogen-bond acceptors (Lipinski definition) is 1. The first-order valence-corrected chi connectivity index (χ1v) is 5.67. The number of hydrogen-bond donors (Lipinski definition) is 0. The van der Waals surface area contributed by atoms with Gasteiger partial charge >= 0.3 is 0 Å². The molecule has 0 fully saturated rings. The Labute approximate surface area is 101 Å². The highest BCUT2D eigenvalue weighted by atomic mass is 35.5. The van der Waals surface area contributed by atoms with Gasteiger partial charge in [-0.05, 0) is 28.8 Å². The van der Waals surface area contributed by atoms with E-state index >= 15 is 0 Å². The topological polar surface area (TPSA) is 9.23 Å². The lowest BCUT2D eigenvalue weighted by atomic mass is 10.0. The van der Waals surface area contributed by atoms with Gasteiger partial charge in [0.15, 0.2) is 0 Å². The van der Waals surface area contributed by atoms with Crippen LogP contribution in [0.15, 0.2) is 48.5 Å². The van der Waals surface area contributed by atoms with Crippen LogP contribution in [-0.4, -0.2) is 7.11 Å². The lowest BCUT2D eigenvalue weighted by Gasteiger charge is -2.07. The SMILES string of the molecule is COc1ccc(-c2ccccc2CCl)cc1. The van der Waals surface area contributed by atoms with Crippen molar-refractivity contribution >= 4 is 11.6 Å². The van der Waals surface area contributed by atoms with Crippen molar-refractivity contribution in [2.75, 3.05) is 7.11 Å². The van der Waals surface area contributed by atoms with Gasteiger partial charge in [-0.3, -0.25) is 0 Å². The maximum Gasteiger partial charge on any atom is 0.118 e. The van der Waals surface area contributed by atoms with Crippen molar-refractivity contribution in [1.82, 2.24) is 0 Å². The van der Waals surface area contributed by atoms with Gasteiger partial charge in [0.2, 0.25) is 0 Å². The molecule has 0 unspecified atom stereocenters. The Morgan fingerprint density at radius 1 is 1.00 bits per heavy atom. The summed E-state index contributed by atoms with van der Waals surface area (Å²) in [6.07, 6.45) is 0.